The van der Waals surface area contributed by atoms with Crippen LogP contribution in [0.15, 0.2) is 18.7 Å². The van der Waals surface area contributed by atoms with Gasteiger partial charge >= 0.3 is 0 Å². The van der Waals surface area contributed by atoms with Gasteiger partial charge in [-0.2, -0.15) is 0 Å². The van der Waals surface area contributed by atoms with Gasteiger partial charge in [-0.1, -0.05) is 0 Å². The molecule has 0 atom stereocenters. The van der Waals surface area contributed by atoms with Crippen molar-refractivity contribution >= 4 is 0 Å². The zero-order valence-corrected chi connectivity index (χ0v) is 9.60. The molecule has 0 spiro atoms. The molecule has 0 unspecified atom stereocenters. The quantitative estimate of drug-likeness (QED) is 0.753. The molecule has 0 radical (unpaired) electrons. The van der Waals surface area contributed by atoms with Crippen LogP contribution in [-0.4, -0.2) is 34.6 Å². The van der Waals surface area contributed by atoms with Crippen molar-refractivity contribution in [1.29, 1.82) is 0 Å². The number of likely N-dealkylation sites (tertiary alicyclic amines) is 1. The van der Waals surface area contributed by atoms with Crippen LogP contribution in [0.3, 0.4) is 0 Å². The topological polar surface area (TPSA) is 21.1 Å². The molecule has 3 nitrogen and oxygen atoms in total. The highest BCUT2D eigenvalue weighted by Crippen LogP contribution is 2.21. The largest absolute Gasteiger partial charge is 0.337 e. The van der Waals surface area contributed by atoms with Gasteiger partial charge in [-0.3, -0.25) is 0 Å². The molecule has 0 aliphatic carbocycles. The Kier molecular flexibility index (Phi) is 3.78. The smallest absolute Gasteiger partial charge is 0.0945 e. The first-order valence-corrected chi connectivity index (χ1v) is 5.99. The van der Waals surface area contributed by atoms with Crippen molar-refractivity contribution in [3.63, 3.8) is 0 Å². The van der Waals surface area contributed by atoms with Crippen molar-refractivity contribution < 1.29 is 0 Å². The maximum Gasteiger partial charge on any atom is 0.0945 e. The van der Waals surface area contributed by atoms with E-state index in [2.05, 4.69) is 27.7 Å². The van der Waals surface area contributed by atoms with Crippen LogP contribution in [0.4, 0.5) is 0 Å². The Hall–Kier alpha value is -0.830. The first kappa shape index (κ1) is 10.7. The van der Waals surface area contributed by atoms with E-state index in [9.17, 15) is 0 Å². The van der Waals surface area contributed by atoms with Crippen LogP contribution in [-0.2, 0) is 6.54 Å². The van der Waals surface area contributed by atoms with E-state index in [1.165, 1.54) is 38.8 Å². The van der Waals surface area contributed by atoms with E-state index < -0.39 is 0 Å². The Labute approximate surface area is 92.1 Å². The molecular weight excluding hydrogens is 186 g/mol. The number of hydrogen-bond donors (Lipinski definition) is 0. The molecule has 1 aromatic rings. The molecule has 2 rings (SSSR count). The highest BCUT2D eigenvalue weighted by atomic mass is 15.1. The molecule has 15 heavy (non-hydrogen) atoms. The molecule has 1 saturated heterocycles. The number of piperidine rings is 1. The van der Waals surface area contributed by atoms with Crippen LogP contribution in [0.25, 0.3) is 0 Å². The van der Waals surface area contributed by atoms with Gasteiger partial charge in [0.15, 0.2) is 0 Å². The lowest BCUT2D eigenvalue weighted by Gasteiger charge is -2.28. The van der Waals surface area contributed by atoms with Crippen molar-refractivity contribution in [2.75, 3.05) is 20.1 Å². The molecular formula is C12H21N3. The summed E-state index contributed by atoms with van der Waals surface area (Å²) in [5, 5.41) is 0. The molecule has 2 heterocycles. The van der Waals surface area contributed by atoms with Crippen LogP contribution in [0.5, 0.6) is 0 Å². The Morgan fingerprint density at radius 3 is 2.80 bits per heavy atom. The third-order valence-corrected chi connectivity index (χ3v) is 3.43. The number of imidazole rings is 1. The summed E-state index contributed by atoms with van der Waals surface area (Å²) >= 11 is 0. The van der Waals surface area contributed by atoms with E-state index in [0.29, 0.717) is 0 Å². The van der Waals surface area contributed by atoms with E-state index in [1.54, 1.807) is 0 Å². The predicted molar refractivity (Wildman–Crippen MR) is 61.7 cm³/mol. The van der Waals surface area contributed by atoms with E-state index >= 15 is 0 Å². The van der Waals surface area contributed by atoms with Gasteiger partial charge in [0.25, 0.3) is 0 Å². The maximum absolute atomic E-state index is 4.05. The van der Waals surface area contributed by atoms with Crippen molar-refractivity contribution in [3.05, 3.63) is 18.7 Å². The summed E-state index contributed by atoms with van der Waals surface area (Å²) in [6.45, 7) is 3.71. The van der Waals surface area contributed by atoms with Crippen LogP contribution >= 0.6 is 0 Å². The predicted octanol–water partition coefficient (Wildman–Crippen LogP) is 2.01. The molecule has 0 bridgehead atoms. The van der Waals surface area contributed by atoms with E-state index in [4.69, 9.17) is 0 Å². The minimum Gasteiger partial charge on any atom is -0.337 e. The number of aryl methyl sites for hydroxylation is 1. The maximum atomic E-state index is 4.05. The summed E-state index contributed by atoms with van der Waals surface area (Å²) in [6, 6.07) is 0. The van der Waals surface area contributed by atoms with Crippen LogP contribution in [0.2, 0.25) is 0 Å². The lowest BCUT2D eigenvalue weighted by atomic mass is 9.92. The van der Waals surface area contributed by atoms with Gasteiger partial charge in [0.05, 0.1) is 6.33 Å². The van der Waals surface area contributed by atoms with Crippen molar-refractivity contribution in [2.45, 2.75) is 32.2 Å². The Morgan fingerprint density at radius 1 is 1.33 bits per heavy atom. The lowest BCUT2D eigenvalue weighted by Crippen LogP contribution is -2.30. The summed E-state index contributed by atoms with van der Waals surface area (Å²) in [5.41, 5.74) is 0. The molecule has 84 valence electrons. The minimum absolute atomic E-state index is 0.963. The zero-order chi connectivity index (χ0) is 10.5. The molecule has 0 N–H and O–H groups in total. The van der Waals surface area contributed by atoms with Crippen LogP contribution in [0.1, 0.15) is 25.7 Å². The first-order chi connectivity index (χ1) is 7.34. The lowest BCUT2D eigenvalue weighted by molar-refractivity contribution is 0.209. The van der Waals surface area contributed by atoms with Gasteiger partial charge in [-0.25, -0.2) is 4.98 Å². The van der Waals surface area contributed by atoms with Gasteiger partial charge in [-0.05, 0) is 51.7 Å². The normalized spacial score (nSPS) is 19.5. The third-order valence-electron chi connectivity index (χ3n) is 3.43. The Balaban J connectivity index is 1.62. The molecule has 3 heteroatoms. The molecule has 1 fully saturated rings. The van der Waals surface area contributed by atoms with Gasteiger partial charge < -0.3 is 9.47 Å². The average molecular weight is 207 g/mol. The van der Waals surface area contributed by atoms with Crippen molar-refractivity contribution in [3.8, 4) is 0 Å². The van der Waals surface area contributed by atoms with E-state index in [0.717, 1.165) is 12.5 Å². The number of hydrogen-bond acceptors (Lipinski definition) is 2. The molecule has 1 aromatic heterocycles. The minimum atomic E-state index is 0.963. The zero-order valence-electron chi connectivity index (χ0n) is 9.60. The van der Waals surface area contributed by atoms with E-state index in [-0.39, 0.29) is 0 Å². The second kappa shape index (κ2) is 5.31. The molecule has 1 aliphatic rings. The highest BCUT2D eigenvalue weighted by Gasteiger charge is 2.15. The fourth-order valence-electron chi connectivity index (χ4n) is 2.33. The number of rotatable bonds is 4. The Bertz CT molecular complexity index is 260. The first-order valence-electron chi connectivity index (χ1n) is 5.99. The summed E-state index contributed by atoms with van der Waals surface area (Å²) in [5.74, 6) is 0.963. The fourth-order valence-corrected chi connectivity index (χ4v) is 2.33. The Morgan fingerprint density at radius 2 is 2.13 bits per heavy atom. The monoisotopic (exact) mass is 207 g/mol. The summed E-state index contributed by atoms with van der Waals surface area (Å²) in [6.07, 6.45) is 11.3. The van der Waals surface area contributed by atoms with Gasteiger partial charge in [0, 0.05) is 18.9 Å². The molecule has 0 saturated carbocycles. The summed E-state index contributed by atoms with van der Waals surface area (Å²) < 4.78 is 2.18. The fraction of sp³-hybridized carbons (Fsp3) is 0.750. The number of aromatic nitrogens is 2. The second-order valence-corrected chi connectivity index (χ2v) is 4.69. The average Bonchev–Trinajstić information content (AvgIpc) is 2.74. The van der Waals surface area contributed by atoms with Gasteiger partial charge in [0.2, 0.25) is 0 Å². The van der Waals surface area contributed by atoms with Crippen LogP contribution in [0, 0.1) is 5.92 Å². The molecule has 1 aliphatic heterocycles. The van der Waals surface area contributed by atoms with Gasteiger partial charge in [0.1, 0.15) is 0 Å². The standard InChI is InChI=1S/C12H21N3/c1-14-8-4-12(5-9-14)3-2-7-15-10-6-13-11-15/h6,10-12H,2-5,7-9H2,1H3. The third kappa shape index (κ3) is 3.34. The molecule has 0 aromatic carbocycles. The van der Waals surface area contributed by atoms with E-state index in [1.807, 2.05) is 12.5 Å². The second-order valence-electron chi connectivity index (χ2n) is 4.69. The van der Waals surface area contributed by atoms with Crippen molar-refractivity contribution in [1.82, 2.24) is 14.5 Å². The number of nitrogens with zero attached hydrogens (tertiary/aromatic N) is 3. The SMILES string of the molecule is CN1CCC(CCCn2ccnc2)CC1. The molecule has 0 amide bonds. The highest BCUT2D eigenvalue weighted by molar-refractivity contribution is 4.75. The van der Waals surface area contributed by atoms with Crippen molar-refractivity contribution in [2.24, 2.45) is 5.92 Å². The summed E-state index contributed by atoms with van der Waals surface area (Å²) in [4.78, 5) is 6.49. The van der Waals surface area contributed by atoms with Crippen LogP contribution < -0.4 is 0 Å². The van der Waals surface area contributed by atoms with Gasteiger partial charge in [-0.15, -0.1) is 0 Å². The summed E-state index contributed by atoms with van der Waals surface area (Å²) in [7, 11) is 2.22.